The van der Waals surface area contributed by atoms with Crippen molar-refractivity contribution in [2.75, 3.05) is 13.7 Å². The Hall–Kier alpha value is -3.67. The predicted molar refractivity (Wildman–Crippen MR) is 175 cm³/mol. The molecule has 0 amide bonds. The molecule has 3 aromatic rings. The minimum absolute atomic E-state index is 0.000242. The maximum atomic E-state index is 13.1. The normalized spacial score (nSPS) is 37.8. The first-order chi connectivity index (χ1) is 25.1. The Morgan fingerprint density at radius 1 is 0.679 bits per heavy atom. The number of aliphatic hydroxyl groups excluding tert-OH is 8. The average molecular weight is 755 g/mol. The van der Waals surface area contributed by atoms with Gasteiger partial charge in [-0.25, -0.2) is 0 Å². The lowest BCUT2D eigenvalue weighted by molar-refractivity contribution is -0.360. The van der Waals surface area contributed by atoms with Crippen LogP contribution in [0.15, 0.2) is 45.6 Å². The van der Waals surface area contributed by atoms with E-state index >= 15 is 0 Å². The Balaban J connectivity index is 1.31. The molecule has 3 saturated heterocycles. The lowest BCUT2D eigenvalue weighted by atomic mass is 9.97. The number of hydrogen-bond donors (Lipinski definition) is 10. The predicted octanol–water partition coefficient (Wildman–Crippen LogP) is -2.24. The highest BCUT2D eigenvalue weighted by molar-refractivity contribution is 5.86. The van der Waals surface area contributed by atoms with Gasteiger partial charge >= 0.3 is 0 Å². The summed E-state index contributed by atoms with van der Waals surface area (Å²) in [5, 5.41) is 105. The van der Waals surface area contributed by atoms with Gasteiger partial charge in [0.05, 0.1) is 25.9 Å². The van der Waals surface area contributed by atoms with Gasteiger partial charge in [-0.1, -0.05) is 0 Å². The highest BCUT2D eigenvalue weighted by Crippen LogP contribution is 2.37. The van der Waals surface area contributed by atoms with E-state index < -0.39 is 110 Å². The van der Waals surface area contributed by atoms with Crippen LogP contribution in [-0.2, 0) is 23.7 Å². The summed E-state index contributed by atoms with van der Waals surface area (Å²) in [5.41, 5.74) is -0.543. The van der Waals surface area contributed by atoms with E-state index in [2.05, 4.69) is 0 Å². The van der Waals surface area contributed by atoms with E-state index in [-0.39, 0.29) is 39.5 Å². The second-order valence-electron chi connectivity index (χ2n) is 13.1. The number of methoxy groups -OCH3 is 1. The van der Waals surface area contributed by atoms with Crippen molar-refractivity contribution in [3.8, 4) is 34.3 Å². The summed E-state index contributed by atoms with van der Waals surface area (Å²) in [6.07, 6.45) is -23.6. The molecule has 19 heteroatoms. The van der Waals surface area contributed by atoms with Gasteiger partial charge in [-0.2, -0.15) is 0 Å². The Bertz CT molecular complexity index is 1800. The highest BCUT2D eigenvalue weighted by Gasteiger charge is 2.52. The lowest BCUT2D eigenvalue weighted by Crippen LogP contribution is -2.65. The topological polar surface area (TPSA) is 297 Å². The van der Waals surface area contributed by atoms with Crippen LogP contribution >= 0.6 is 0 Å². The molecule has 19 nitrogen and oxygen atoms in total. The average Bonchev–Trinajstić information content (AvgIpc) is 3.12. The molecule has 53 heavy (non-hydrogen) atoms. The molecule has 0 spiro atoms. The lowest BCUT2D eigenvalue weighted by Gasteiger charge is -2.46. The van der Waals surface area contributed by atoms with Crippen molar-refractivity contribution >= 4 is 11.0 Å². The van der Waals surface area contributed by atoms with Crippen LogP contribution in [0.3, 0.4) is 0 Å². The molecule has 1 aromatic heterocycles. The molecule has 3 aliphatic rings. The van der Waals surface area contributed by atoms with E-state index in [0.29, 0.717) is 0 Å². The summed E-state index contributed by atoms with van der Waals surface area (Å²) < 4.78 is 45.2. The van der Waals surface area contributed by atoms with E-state index in [4.69, 9.17) is 37.6 Å². The molecule has 0 radical (unpaired) electrons. The Morgan fingerprint density at radius 2 is 1.32 bits per heavy atom. The molecule has 4 heterocycles. The summed E-state index contributed by atoms with van der Waals surface area (Å²) in [6, 6.07) is 7.63. The second-order valence-corrected chi connectivity index (χ2v) is 13.1. The summed E-state index contributed by atoms with van der Waals surface area (Å²) in [6.45, 7) is 2.23. The van der Waals surface area contributed by atoms with E-state index in [0.717, 1.165) is 12.1 Å². The molecule has 292 valence electrons. The first kappa shape index (κ1) is 39.0. The van der Waals surface area contributed by atoms with Gasteiger partial charge in [0.15, 0.2) is 35.6 Å². The number of ether oxygens (including phenoxy) is 7. The molecule has 10 N–H and O–H groups in total. The highest BCUT2D eigenvalue weighted by atomic mass is 16.8. The largest absolute Gasteiger partial charge is 0.507 e. The third kappa shape index (κ3) is 7.67. The number of phenols is 2. The van der Waals surface area contributed by atoms with Crippen LogP contribution in [0, 0.1) is 0 Å². The van der Waals surface area contributed by atoms with Gasteiger partial charge in [-0.15, -0.1) is 0 Å². The van der Waals surface area contributed by atoms with Crippen molar-refractivity contribution in [2.24, 2.45) is 0 Å². The van der Waals surface area contributed by atoms with Gasteiger partial charge in [0, 0.05) is 23.8 Å². The molecular formula is C34H42O19. The van der Waals surface area contributed by atoms with Crippen molar-refractivity contribution < 1.29 is 88.6 Å². The van der Waals surface area contributed by atoms with Crippen LogP contribution in [-0.4, -0.2) is 157 Å². The van der Waals surface area contributed by atoms with E-state index in [9.17, 15) is 55.9 Å². The number of aromatic hydroxyl groups is 2. The molecule has 0 aliphatic carbocycles. The first-order valence-electron chi connectivity index (χ1n) is 16.6. The monoisotopic (exact) mass is 754 g/mol. The van der Waals surface area contributed by atoms with Crippen LogP contribution in [0.1, 0.15) is 13.8 Å². The van der Waals surface area contributed by atoms with Gasteiger partial charge < -0.3 is 88.6 Å². The zero-order valence-electron chi connectivity index (χ0n) is 28.5. The summed E-state index contributed by atoms with van der Waals surface area (Å²) >= 11 is 0. The third-order valence-electron chi connectivity index (χ3n) is 9.48. The van der Waals surface area contributed by atoms with E-state index in [1.54, 1.807) is 0 Å². The van der Waals surface area contributed by atoms with Crippen molar-refractivity contribution in [1.82, 2.24) is 0 Å². The molecule has 3 aliphatic heterocycles. The molecule has 3 fully saturated rings. The molecular weight excluding hydrogens is 712 g/mol. The number of hydrogen-bond acceptors (Lipinski definition) is 19. The van der Waals surface area contributed by atoms with Crippen molar-refractivity contribution in [3.63, 3.8) is 0 Å². The molecule has 15 atom stereocenters. The SMILES string of the molecule is COc1ccc(-c2cc(=O)c3c(O)cc(OC4OC(COC5OC(C)C(O)C(O)C5O)C(O)C(O)C4OC4OC(C)C(O)C(O)C4O)cc3o2)cc1O. The fraction of sp³-hybridized carbons (Fsp3) is 0.559. The first-order valence-corrected chi connectivity index (χ1v) is 16.6. The third-order valence-corrected chi connectivity index (χ3v) is 9.48. The van der Waals surface area contributed by atoms with Gasteiger partial charge in [0.25, 0.3) is 0 Å². The fourth-order valence-electron chi connectivity index (χ4n) is 6.34. The minimum atomic E-state index is -1.90. The summed E-state index contributed by atoms with van der Waals surface area (Å²) in [5.74, 6) is -0.866. The van der Waals surface area contributed by atoms with Crippen LogP contribution in [0.5, 0.6) is 23.0 Å². The van der Waals surface area contributed by atoms with Crippen LogP contribution in [0.2, 0.25) is 0 Å². The molecule has 2 aromatic carbocycles. The maximum Gasteiger partial charge on any atom is 0.229 e. The van der Waals surface area contributed by atoms with Gasteiger partial charge in [0.1, 0.15) is 83.2 Å². The van der Waals surface area contributed by atoms with Gasteiger partial charge in [0.2, 0.25) is 6.29 Å². The second kappa shape index (κ2) is 15.6. The maximum absolute atomic E-state index is 13.1. The number of aliphatic hydroxyl groups is 8. The fourth-order valence-corrected chi connectivity index (χ4v) is 6.34. The minimum Gasteiger partial charge on any atom is -0.507 e. The zero-order valence-corrected chi connectivity index (χ0v) is 28.5. The van der Waals surface area contributed by atoms with E-state index in [1.165, 1.54) is 45.2 Å². The smallest absolute Gasteiger partial charge is 0.229 e. The Labute approximate surface area is 300 Å². The molecule has 15 unspecified atom stereocenters. The van der Waals surface area contributed by atoms with E-state index in [1.807, 2.05) is 0 Å². The van der Waals surface area contributed by atoms with Gasteiger partial charge in [-0.3, -0.25) is 4.79 Å². The zero-order chi connectivity index (χ0) is 38.5. The number of rotatable bonds is 9. The van der Waals surface area contributed by atoms with Crippen LogP contribution in [0.25, 0.3) is 22.3 Å². The van der Waals surface area contributed by atoms with Gasteiger partial charge in [-0.05, 0) is 32.0 Å². The number of phenolic OH excluding ortho intramolecular Hbond substituents is 2. The summed E-state index contributed by atoms with van der Waals surface area (Å²) in [4.78, 5) is 13.1. The molecule has 6 rings (SSSR count). The van der Waals surface area contributed by atoms with Crippen LogP contribution < -0.4 is 14.9 Å². The van der Waals surface area contributed by atoms with Crippen molar-refractivity contribution in [2.45, 2.75) is 106 Å². The van der Waals surface area contributed by atoms with Crippen molar-refractivity contribution in [3.05, 3.63) is 46.6 Å². The number of fused-ring (bicyclic) bond motifs is 1. The molecule has 0 saturated carbocycles. The Morgan fingerprint density at radius 3 is 1.96 bits per heavy atom. The summed E-state index contributed by atoms with van der Waals surface area (Å²) in [7, 11) is 1.36. The standard InChI is InChI=1S/C34H42O19/c1-11-23(38)26(41)29(44)32(48-11)47-10-21-25(40)28(43)31(53-33-30(45)27(42)24(39)12(2)49-33)34(52-21)50-14-7-16(36)22-17(37)9-19(51-20(22)8-14)13-4-5-18(46-3)15(35)6-13/h4-9,11-12,21,23-36,38-45H,10H2,1-3H3. The Kier molecular flexibility index (Phi) is 11.5. The van der Waals surface area contributed by atoms with Crippen LogP contribution in [0.4, 0.5) is 0 Å². The molecule has 0 bridgehead atoms. The van der Waals surface area contributed by atoms with Crippen molar-refractivity contribution in [1.29, 1.82) is 0 Å². The number of benzene rings is 2. The quantitative estimate of drug-likeness (QED) is 0.110.